The lowest BCUT2D eigenvalue weighted by Crippen LogP contribution is -2.36. The first-order valence-electron chi connectivity index (χ1n) is 9.36. The van der Waals surface area contributed by atoms with E-state index in [2.05, 4.69) is 5.32 Å². The van der Waals surface area contributed by atoms with Crippen molar-refractivity contribution in [1.82, 2.24) is 10.2 Å². The Bertz CT molecular complexity index is 1020. The van der Waals surface area contributed by atoms with E-state index in [1.165, 1.54) is 12.1 Å². The number of likely N-dealkylation sites (N-methyl/N-ethyl adjacent to an activating group) is 1. The van der Waals surface area contributed by atoms with Gasteiger partial charge in [-0.05, 0) is 47.5 Å². The molecule has 0 saturated heterocycles. The second-order valence-corrected chi connectivity index (χ2v) is 7.07. The summed E-state index contributed by atoms with van der Waals surface area (Å²) in [6.07, 6.45) is 0. The standard InChI is InChI=1S/C23H24F2N2O2/c1-15(21-9-7-19(24)12-22(21)25)26-13-23(28)27(2)14-16-4-5-18-11-20(29-3)8-6-17(18)10-16/h4-12,15,26H,13-14H2,1-3H3/t15-/m0/s1. The van der Waals surface area contributed by atoms with Gasteiger partial charge in [0, 0.05) is 31.3 Å². The maximum atomic E-state index is 13.9. The van der Waals surface area contributed by atoms with Crippen LogP contribution in [0.15, 0.2) is 54.6 Å². The molecule has 152 valence electrons. The lowest BCUT2D eigenvalue weighted by atomic mass is 10.1. The minimum atomic E-state index is -0.626. The number of hydrogen-bond acceptors (Lipinski definition) is 3. The molecule has 0 unspecified atom stereocenters. The summed E-state index contributed by atoms with van der Waals surface area (Å²) in [5.41, 5.74) is 1.34. The van der Waals surface area contributed by atoms with E-state index in [1.54, 1.807) is 26.0 Å². The van der Waals surface area contributed by atoms with Crippen LogP contribution >= 0.6 is 0 Å². The molecule has 6 heteroatoms. The van der Waals surface area contributed by atoms with Crippen molar-refractivity contribution in [1.29, 1.82) is 0 Å². The summed E-state index contributed by atoms with van der Waals surface area (Å²) in [5, 5.41) is 5.14. The summed E-state index contributed by atoms with van der Waals surface area (Å²) >= 11 is 0. The number of carbonyl (C=O) groups excluding carboxylic acids is 1. The molecule has 1 amide bonds. The van der Waals surface area contributed by atoms with E-state index in [0.29, 0.717) is 12.1 Å². The van der Waals surface area contributed by atoms with Gasteiger partial charge in [0.15, 0.2) is 0 Å². The van der Waals surface area contributed by atoms with E-state index in [1.807, 2.05) is 36.4 Å². The van der Waals surface area contributed by atoms with Gasteiger partial charge in [-0.1, -0.05) is 24.3 Å². The minimum Gasteiger partial charge on any atom is -0.497 e. The highest BCUT2D eigenvalue weighted by Gasteiger charge is 2.15. The number of nitrogens with one attached hydrogen (secondary N) is 1. The minimum absolute atomic E-state index is 0.0548. The van der Waals surface area contributed by atoms with Crippen LogP contribution in [0.25, 0.3) is 10.8 Å². The number of ether oxygens (including phenoxy) is 1. The molecule has 1 N–H and O–H groups in total. The molecule has 0 aliphatic rings. The highest BCUT2D eigenvalue weighted by Crippen LogP contribution is 2.22. The normalized spacial score (nSPS) is 12.0. The fourth-order valence-corrected chi connectivity index (χ4v) is 3.20. The summed E-state index contributed by atoms with van der Waals surface area (Å²) in [6, 6.07) is 14.9. The first-order chi connectivity index (χ1) is 13.9. The number of nitrogens with zero attached hydrogens (tertiary/aromatic N) is 1. The molecule has 0 aliphatic carbocycles. The number of amides is 1. The van der Waals surface area contributed by atoms with E-state index in [9.17, 15) is 13.6 Å². The number of benzene rings is 3. The lowest BCUT2D eigenvalue weighted by Gasteiger charge is -2.20. The number of rotatable bonds is 7. The van der Waals surface area contributed by atoms with E-state index >= 15 is 0 Å². The second kappa shape index (κ2) is 9.01. The Morgan fingerprint density at radius 1 is 1.07 bits per heavy atom. The summed E-state index contributed by atoms with van der Waals surface area (Å²) in [6.45, 7) is 2.25. The molecule has 0 aromatic heterocycles. The topological polar surface area (TPSA) is 41.6 Å². The zero-order valence-corrected chi connectivity index (χ0v) is 16.7. The average molecular weight is 398 g/mol. The summed E-state index contributed by atoms with van der Waals surface area (Å²) in [7, 11) is 3.36. The van der Waals surface area contributed by atoms with Crippen LogP contribution in [0, 0.1) is 11.6 Å². The first-order valence-corrected chi connectivity index (χ1v) is 9.36. The molecule has 0 spiro atoms. The Morgan fingerprint density at radius 3 is 2.52 bits per heavy atom. The van der Waals surface area contributed by atoms with Gasteiger partial charge in [-0.25, -0.2) is 8.78 Å². The van der Waals surface area contributed by atoms with Crippen molar-refractivity contribution < 1.29 is 18.3 Å². The van der Waals surface area contributed by atoms with Gasteiger partial charge in [0.05, 0.1) is 13.7 Å². The predicted molar refractivity (Wildman–Crippen MR) is 110 cm³/mol. The molecule has 29 heavy (non-hydrogen) atoms. The smallest absolute Gasteiger partial charge is 0.236 e. The van der Waals surface area contributed by atoms with Gasteiger partial charge in [-0.15, -0.1) is 0 Å². The molecular formula is C23H24F2N2O2. The fraction of sp³-hybridized carbons (Fsp3) is 0.261. The number of fused-ring (bicyclic) bond motifs is 1. The van der Waals surface area contributed by atoms with Crippen molar-refractivity contribution >= 4 is 16.7 Å². The molecule has 0 fully saturated rings. The molecule has 0 heterocycles. The van der Waals surface area contributed by atoms with Gasteiger partial charge in [-0.2, -0.15) is 0 Å². The maximum absolute atomic E-state index is 13.9. The molecule has 0 radical (unpaired) electrons. The Balaban J connectivity index is 1.59. The summed E-state index contributed by atoms with van der Waals surface area (Å²) in [5.74, 6) is -0.564. The maximum Gasteiger partial charge on any atom is 0.236 e. The molecule has 0 saturated carbocycles. The van der Waals surface area contributed by atoms with E-state index in [-0.39, 0.29) is 12.5 Å². The van der Waals surface area contributed by atoms with Gasteiger partial charge in [0.1, 0.15) is 17.4 Å². The Labute approximate surface area is 169 Å². The zero-order chi connectivity index (χ0) is 21.0. The van der Waals surface area contributed by atoms with Crippen molar-refractivity contribution in [2.75, 3.05) is 20.7 Å². The number of hydrogen-bond donors (Lipinski definition) is 1. The second-order valence-electron chi connectivity index (χ2n) is 7.07. The van der Waals surface area contributed by atoms with Crippen LogP contribution < -0.4 is 10.1 Å². The molecule has 4 nitrogen and oxygen atoms in total. The van der Waals surface area contributed by atoms with Crippen LogP contribution in [0.3, 0.4) is 0 Å². The number of methoxy groups -OCH3 is 1. The van der Waals surface area contributed by atoms with Crippen LogP contribution in [0.2, 0.25) is 0 Å². The molecule has 1 atom stereocenters. The Kier molecular flexibility index (Phi) is 6.44. The lowest BCUT2D eigenvalue weighted by molar-refractivity contribution is -0.129. The molecule has 0 bridgehead atoms. The third-order valence-electron chi connectivity index (χ3n) is 4.95. The SMILES string of the molecule is COc1ccc2cc(CN(C)C(=O)CN[C@@H](C)c3ccc(F)cc3F)ccc2c1. The third kappa shape index (κ3) is 5.09. The van der Waals surface area contributed by atoms with Crippen molar-refractivity contribution in [3.05, 3.63) is 77.4 Å². The van der Waals surface area contributed by atoms with Crippen LogP contribution in [0.1, 0.15) is 24.1 Å². The monoisotopic (exact) mass is 398 g/mol. The van der Waals surface area contributed by atoms with Crippen molar-refractivity contribution in [3.8, 4) is 5.75 Å². The van der Waals surface area contributed by atoms with Crippen molar-refractivity contribution in [2.45, 2.75) is 19.5 Å². The van der Waals surface area contributed by atoms with E-state index in [4.69, 9.17) is 4.74 Å². The van der Waals surface area contributed by atoms with Crippen LogP contribution in [0.4, 0.5) is 8.78 Å². The van der Waals surface area contributed by atoms with Crippen LogP contribution in [-0.4, -0.2) is 31.5 Å². The average Bonchev–Trinajstić information content (AvgIpc) is 2.71. The van der Waals surface area contributed by atoms with E-state index < -0.39 is 17.7 Å². The third-order valence-corrected chi connectivity index (χ3v) is 4.95. The molecule has 3 aromatic rings. The van der Waals surface area contributed by atoms with Gasteiger partial charge in [-0.3, -0.25) is 4.79 Å². The number of carbonyl (C=O) groups is 1. The predicted octanol–water partition coefficient (Wildman–Crippen LogP) is 4.44. The highest BCUT2D eigenvalue weighted by molar-refractivity contribution is 5.84. The molecule has 3 rings (SSSR count). The fourth-order valence-electron chi connectivity index (χ4n) is 3.20. The van der Waals surface area contributed by atoms with Gasteiger partial charge < -0.3 is 15.0 Å². The van der Waals surface area contributed by atoms with Crippen molar-refractivity contribution in [3.63, 3.8) is 0 Å². The van der Waals surface area contributed by atoms with E-state index in [0.717, 1.165) is 28.2 Å². The number of halogens is 2. The Hall–Kier alpha value is -2.99. The van der Waals surface area contributed by atoms with Gasteiger partial charge >= 0.3 is 0 Å². The summed E-state index contributed by atoms with van der Waals surface area (Å²) < 4.78 is 32.1. The highest BCUT2D eigenvalue weighted by atomic mass is 19.1. The van der Waals surface area contributed by atoms with Crippen LogP contribution in [0.5, 0.6) is 5.75 Å². The molecule has 3 aromatic carbocycles. The first kappa shape index (κ1) is 20.7. The quantitative estimate of drug-likeness (QED) is 0.640. The molecular weight excluding hydrogens is 374 g/mol. The van der Waals surface area contributed by atoms with Gasteiger partial charge in [0.2, 0.25) is 5.91 Å². The van der Waals surface area contributed by atoms with Crippen molar-refractivity contribution in [2.24, 2.45) is 0 Å². The largest absolute Gasteiger partial charge is 0.497 e. The molecule has 0 aliphatic heterocycles. The summed E-state index contributed by atoms with van der Waals surface area (Å²) in [4.78, 5) is 14.1. The zero-order valence-electron chi connectivity index (χ0n) is 16.7. The van der Waals surface area contributed by atoms with Gasteiger partial charge in [0.25, 0.3) is 0 Å². The Morgan fingerprint density at radius 2 is 1.79 bits per heavy atom. The van der Waals surface area contributed by atoms with Crippen LogP contribution in [-0.2, 0) is 11.3 Å².